The third-order valence-corrected chi connectivity index (χ3v) is 3.04. The van der Waals surface area contributed by atoms with Gasteiger partial charge in [0.15, 0.2) is 0 Å². The fourth-order valence-electron chi connectivity index (χ4n) is 1.83. The molecule has 0 saturated heterocycles. The number of nitrogens with one attached hydrogen (secondary N) is 1. The molecule has 0 aliphatic rings. The van der Waals surface area contributed by atoms with Gasteiger partial charge in [0.2, 0.25) is 5.89 Å². The summed E-state index contributed by atoms with van der Waals surface area (Å²) in [5.74, 6) is 0.0885. The average Bonchev–Trinajstić information content (AvgIpc) is 2.35. The molecule has 1 aromatic carbocycles. The molecule has 6 nitrogen and oxygen atoms in total. The zero-order valence-corrected chi connectivity index (χ0v) is 13.5. The van der Waals surface area contributed by atoms with Gasteiger partial charge in [0.1, 0.15) is 17.0 Å². The molecular weight excluding hydrogens is 308 g/mol. The van der Waals surface area contributed by atoms with Gasteiger partial charge in [-0.25, -0.2) is 14.6 Å². The molecule has 1 aromatic heterocycles. The smallest absolute Gasteiger partial charge is 0.408 e. The first kappa shape index (κ1) is 16.3. The van der Waals surface area contributed by atoms with E-state index in [-0.39, 0.29) is 16.3 Å². The van der Waals surface area contributed by atoms with Crippen LogP contribution in [0.2, 0.25) is 5.02 Å². The maximum atomic E-state index is 12.0. The summed E-state index contributed by atoms with van der Waals surface area (Å²) in [6.45, 7) is 6.92. The SMILES string of the molecule is CC(NC(=O)OC(C)(C)C)c1nc2cccc(Cl)c2c(=O)o1. The first-order chi connectivity index (χ1) is 10.2. The molecule has 0 radical (unpaired) electrons. The van der Waals surface area contributed by atoms with Gasteiger partial charge in [0.05, 0.1) is 10.5 Å². The van der Waals surface area contributed by atoms with E-state index in [2.05, 4.69) is 10.3 Å². The van der Waals surface area contributed by atoms with Gasteiger partial charge in [0, 0.05) is 0 Å². The van der Waals surface area contributed by atoms with Crippen LogP contribution < -0.4 is 10.9 Å². The number of amides is 1. The molecule has 0 aliphatic carbocycles. The second-order valence-corrected chi connectivity index (χ2v) is 6.25. The molecule has 2 rings (SSSR count). The van der Waals surface area contributed by atoms with E-state index < -0.39 is 23.4 Å². The number of hydrogen-bond donors (Lipinski definition) is 1. The Balaban J connectivity index is 2.28. The lowest BCUT2D eigenvalue weighted by molar-refractivity contribution is 0.0499. The molecule has 0 spiro atoms. The molecule has 118 valence electrons. The summed E-state index contributed by atoms with van der Waals surface area (Å²) in [5, 5.41) is 3.07. The number of carbonyl (C=O) groups is 1. The topological polar surface area (TPSA) is 81.4 Å². The van der Waals surface area contributed by atoms with E-state index >= 15 is 0 Å². The Morgan fingerprint density at radius 3 is 2.73 bits per heavy atom. The molecule has 1 unspecified atom stereocenters. The van der Waals surface area contributed by atoms with Crippen LogP contribution in [-0.4, -0.2) is 16.7 Å². The van der Waals surface area contributed by atoms with Gasteiger partial charge in [-0.05, 0) is 39.8 Å². The molecule has 22 heavy (non-hydrogen) atoms. The molecule has 1 N–H and O–H groups in total. The van der Waals surface area contributed by atoms with Gasteiger partial charge in [-0.1, -0.05) is 17.7 Å². The highest BCUT2D eigenvalue weighted by molar-refractivity contribution is 6.35. The summed E-state index contributed by atoms with van der Waals surface area (Å²) in [5.41, 5.74) is -0.797. The molecular formula is C15H17ClN2O4. The highest BCUT2D eigenvalue weighted by Gasteiger charge is 2.21. The van der Waals surface area contributed by atoms with Gasteiger partial charge in [0.25, 0.3) is 0 Å². The van der Waals surface area contributed by atoms with Crippen LogP contribution in [0.5, 0.6) is 0 Å². The number of halogens is 1. The second-order valence-electron chi connectivity index (χ2n) is 5.84. The predicted molar refractivity (Wildman–Crippen MR) is 83.1 cm³/mol. The minimum absolute atomic E-state index is 0.0885. The monoisotopic (exact) mass is 324 g/mol. The Morgan fingerprint density at radius 1 is 1.41 bits per heavy atom. The zero-order valence-electron chi connectivity index (χ0n) is 12.8. The number of fused-ring (bicyclic) bond motifs is 1. The van der Waals surface area contributed by atoms with Crippen LogP contribution in [0, 0.1) is 0 Å². The minimum Gasteiger partial charge on any atom is -0.444 e. The first-order valence-corrected chi connectivity index (χ1v) is 7.14. The van der Waals surface area contributed by atoms with Crippen molar-refractivity contribution < 1.29 is 13.9 Å². The van der Waals surface area contributed by atoms with Crippen LogP contribution in [0.15, 0.2) is 27.4 Å². The molecule has 2 aromatic rings. The number of hydrogen-bond acceptors (Lipinski definition) is 5. The average molecular weight is 325 g/mol. The van der Waals surface area contributed by atoms with Gasteiger partial charge in [-0.2, -0.15) is 0 Å². The summed E-state index contributed by atoms with van der Waals surface area (Å²) in [4.78, 5) is 28.0. The third-order valence-electron chi connectivity index (χ3n) is 2.73. The summed E-state index contributed by atoms with van der Waals surface area (Å²) in [6, 6.07) is 4.31. The Hall–Kier alpha value is -2.08. The van der Waals surface area contributed by atoms with Crippen molar-refractivity contribution in [1.82, 2.24) is 10.3 Å². The standard InChI is InChI=1S/C15H17ClN2O4/c1-8(17-14(20)22-15(2,3)4)12-18-10-7-5-6-9(16)11(10)13(19)21-12/h5-8H,1-4H3,(H,17,20). The van der Waals surface area contributed by atoms with Gasteiger partial charge < -0.3 is 14.5 Å². The van der Waals surface area contributed by atoms with Crippen molar-refractivity contribution in [3.05, 3.63) is 39.5 Å². The van der Waals surface area contributed by atoms with Gasteiger partial charge >= 0.3 is 11.7 Å². The number of alkyl carbamates (subject to hydrolysis) is 1. The number of benzene rings is 1. The summed E-state index contributed by atoms with van der Waals surface area (Å²) in [6.07, 6.45) is -0.615. The predicted octanol–water partition coefficient (Wildman–Crippen LogP) is 3.43. The quantitative estimate of drug-likeness (QED) is 0.915. The Bertz CT molecular complexity index is 764. The number of nitrogens with zero attached hydrogens (tertiary/aromatic N) is 1. The highest BCUT2D eigenvalue weighted by atomic mass is 35.5. The molecule has 0 bridgehead atoms. The Labute approximate surface area is 132 Å². The van der Waals surface area contributed by atoms with Crippen molar-refractivity contribution >= 4 is 28.6 Å². The van der Waals surface area contributed by atoms with Crippen molar-refractivity contribution in [2.45, 2.75) is 39.3 Å². The first-order valence-electron chi connectivity index (χ1n) is 6.76. The number of carbonyl (C=O) groups excluding carboxylic acids is 1. The molecule has 0 saturated carbocycles. The van der Waals surface area contributed by atoms with Crippen LogP contribution in [0.4, 0.5) is 4.79 Å². The maximum Gasteiger partial charge on any atom is 0.408 e. The maximum absolute atomic E-state index is 12.0. The molecule has 1 amide bonds. The summed E-state index contributed by atoms with van der Waals surface area (Å²) in [7, 11) is 0. The number of ether oxygens (including phenoxy) is 1. The summed E-state index contributed by atoms with van der Waals surface area (Å²) >= 11 is 5.96. The zero-order chi connectivity index (χ0) is 16.5. The van der Waals surface area contributed by atoms with Crippen LogP contribution in [-0.2, 0) is 4.74 Å². The molecule has 1 atom stereocenters. The molecule has 0 aliphatic heterocycles. The van der Waals surface area contributed by atoms with Gasteiger partial charge in [-0.15, -0.1) is 0 Å². The van der Waals surface area contributed by atoms with Crippen LogP contribution >= 0.6 is 11.6 Å². The van der Waals surface area contributed by atoms with Crippen molar-refractivity contribution in [3.63, 3.8) is 0 Å². The molecule has 1 heterocycles. The van der Waals surface area contributed by atoms with E-state index in [0.717, 1.165) is 0 Å². The lowest BCUT2D eigenvalue weighted by Crippen LogP contribution is -2.34. The van der Waals surface area contributed by atoms with Gasteiger partial charge in [-0.3, -0.25) is 0 Å². The number of aromatic nitrogens is 1. The molecule has 0 fully saturated rings. The Kier molecular flexibility index (Phi) is 4.42. The minimum atomic E-state index is -0.620. The normalized spacial score (nSPS) is 13.0. The van der Waals surface area contributed by atoms with Crippen molar-refractivity contribution in [2.75, 3.05) is 0 Å². The van der Waals surface area contributed by atoms with E-state index in [1.54, 1.807) is 45.9 Å². The van der Waals surface area contributed by atoms with Crippen molar-refractivity contribution in [3.8, 4) is 0 Å². The van der Waals surface area contributed by atoms with E-state index in [0.29, 0.717) is 5.52 Å². The fraction of sp³-hybridized carbons (Fsp3) is 0.400. The van der Waals surface area contributed by atoms with E-state index in [1.165, 1.54) is 0 Å². The summed E-state index contributed by atoms with van der Waals surface area (Å²) < 4.78 is 10.3. The second kappa shape index (κ2) is 5.96. The van der Waals surface area contributed by atoms with Crippen LogP contribution in [0.3, 0.4) is 0 Å². The lowest BCUT2D eigenvalue weighted by Gasteiger charge is -2.21. The molecule has 7 heteroatoms. The number of rotatable bonds is 2. The van der Waals surface area contributed by atoms with Crippen LogP contribution in [0.25, 0.3) is 10.9 Å². The van der Waals surface area contributed by atoms with E-state index in [9.17, 15) is 9.59 Å². The van der Waals surface area contributed by atoms with Crippen molar-refractivity contribution in [1.29, 1.82) is 0 Å². The highest BCUT2D eigenvalue weighted by Crippen LogP contribution is 2.20. The van der Waals surface area contributed by atoms with E-state index in [4.69, 9.17) is 20.8 Å². The van der Waals surface area contributed by atoms with Crippen LogP contribution in [0.1, 0.15) is 39.6 Å². The fourth-order valence-corrected chi connectivity index (χ4v) is 2.07. The van der Waals surface area contributed by atoms with E-state index in [1.807, 2.05) is 0 Å². The lowest BCUT2D eigenvalue weighted by atomic mass is 10.2. The Morgan fingerprint density at radius 2 is 2.09 bits per heavy atom. The largest absolute Gasteiger partial charge is 0.444 e. The van der Waals surface area contributed by atoms with Crippen molar-refractivity contribution in [2.24, 2.45) is 0 Å². The third kappa shape index (κ3) is 3.76.